The number of thiophene rings is 1. The van der Waals surface area contributed by atoms with Crippen molar-refractivity contribution in [1.29, 1.82) is 0 Å². The first kappa shape index (κ1) is 14.0. The van der Waals surface area contributed by atoms with E-state index in [1.807, 2.05) is 17.5 Å². The Morgan fingerprint density at radius 2 is 2.47 bits per heavy atom. The molecule has 0 radical (unpaired) electrons. The first-order valence-electron chi connectivity index (χ1n) is 6.34. The minimum absolute atomic E-state index is 0.0418. The molecule has 1 aromatic rings. The molecule has 1 aliphatic rings. The van der Waals surface area contributed by atoms with Crippen molar-refractivity contribution >= 4 is 23.2 Å². The fraction of sp³-hybridized carbons (Fsp3) is 0.538. The van der Waals surface area contributed by atoms with Crippen LogP contribution in [0.1, 0.15) is 30.2 Å². The quantitative estimate of drug-likeness (QED) is 0.797. The number of methoxy groups -OCH3 is 1. The highest BCUT2D eigenvalue weighted by Crippen LogP contribution is 2.23. The fourth-order valence-corrected chi connectivity index (χ4v) is 2.92. The van der Waals surface area contributed by atoms with Crippen LogP contribution in [0.15, 0.2) is 17.5 Å². The molecule has 1 amide bonds. The average Bonchev–Trinajstić information content (AvgIpc) is 3.10. The van der Waals surface area contributed by atoms with E-state index in [0.717, 1.165) is 24.3 Å². The van der Waals surface area contributed by atoms with E-state index in [1.165, 1.54) is 18.4 Å². The van der Waals surface area contributed by atoms with Gasteiger partial charge in [-0.15, -0.1) is 11.3 Å². The van der Waals surface area contributed by atoms with Gasteiger partial charge in [-0.25, -0.2) is 0 Å². The van der Waals surface area contributed by atoms with Crippen molar-refractivity contribution in [1.82, 2.24) is 10.6 Å². The lowest BCUT2D eigenvalue weighted by Crippen LogP contribution is -2.42. The minimum atomic E-state index is -0.321. The predicted octanol–water partition coefficient (Wildman–Crippen LogP) is 1.22. The lowest BCUT2D eigenvalue weighted by Gasteiger charge is -2.19. The van der Waals surface area contributed by atoms with Crippen LogP contribution in [-0.4, -0.2) is 31.6 Å². The van der Waals surface area contributed by atoms with Crippen molar-refractivity contribution in [2.24, 2.45) is 0 Å². The summed E-state index contributed by atoms with van der Waals surface area (Å²) in [5, 5.41) is 8.01. The van der Waals surface area contributed by atoms with E-state index in [0.29, 0.717) is 0 Å². The van der Waals surface area contributed by atoms with Gasteiger partial charge < -0.3 is 15.4 Å². The van der Waals surface area contributed by atoms with Crippen LogP contribution < -0.4 is 10.6 Å². The third kappa shape index (κ3) is 3.78. The van der Waals surface area contributed by atoms with E-state index < -0.39 is 0 Å². The van der Waals surface area contributed by atoms with Crippen LogP contribution in [0.25, 0.3) is 0 Å². The van der Waals surface area contributed by atoms with E-state index in [4.69, 9.17) is 0 Å². The van der Waals surface area contributed by atoms with E-state index >= 15 is 0 Å². The van der Waals surface area contributed by atoms with Gasteiger partial charge in [-0.2, -0.15) is 0 Å². The summed E-state index contributed by atoms with van der Waals surface area (Å²) in [6.07, 6.45) is 2.02. The molecule has 6 heteroatoms. The highest BCUT2D eigenvalue weighted by atomic mass is 32.1. The summed E-state index contributed by atoms with van der Waals surface area (Å²) in [5.74, 6) is -0.363. The van der Waals surface area contributed by atoms with Gasteiger partial charge in [0.05, 0.1) is 25.6 Å². The second-order valence-electron chi connectivity index (χ2n) is 4.51. The second-order valence-corrected chi connectivity index (χ2v) is 5.49. The summed E-state index contributed by atoms with van der Waals surface area (Å²) >= 11 is 1.53. The molecule has 2 atom stereocenters. The van der Waals surface area contributed by atoms with Gasteiger partial charge in [0.1, 0.15) is 0 Å². The zero-order valence-electron chi connectivity index (χ0n) is 10.8. The van der Waals surface area contributed by atoms with Gasteiger partial charge in [0.2, 0.25) is 5.91 Å². The van der Waals surface area contributed by atoms with E-state index in [1.54, 1.807) is 0 Å². The summed E-state index contributed by atoms with van der Waals surface area (Å²) in [6.45, 7) is 0.874. The highest BCUT2D eigenvalue weighted by Gasteiger charge is 2.26. The molecule has 0 saturated carbocycles. The summed E-state index contributed by atoms with van der Waals surface area (Å²) < 4.78 is 4.68. The third-order valence-electron chi connectivity index (χ3n) is 3.18. The number of amides is 1. The van der Waals surface area contributed by atoms with Gasteiger partial charge in [0.15, 0.2) is 0 Å². The number of carbonyl (C=O) groups is 2. The molecule has 104 valence electrons. The molecule has 1 aliphatic heterocycles. The van der Waals surface area contributed by atoms with Crippen molar-refractivity contribution < 1.29 is 14.3 Å². The number of esters is 1. The molecule has 19 heavy (non-hydrogen) atoms. The molecule has 1 fully saturated rings. The van der Waals surface area contributed by atoms with Gasteiger partial charge >= 0.3 is 5.97 Å². The average molecular weight is 282 g/mol. The Balaban J connectivity index is 2.00. The Kier molecular flexibility index (Phi) is 4.93. The number of hydrogen-bond acceptors (Lipinski definition) is 5. The predicted molar refractivity (Wildman–Crippen MR) is 72.9 cm³/mol. The zero-order valence-corrected chi connectivity index (χ0v) is 11.7. The molecule has 1 aromatic heterocycles. The fourth-order valence-electron chi connectivity index (χ4n) is 2.14. The van der Waals surface area contributed by atoms with E-state index in [2.05, 4.69) is 15.4 Å². The van der Waals surface area contributed by atoms with Crippen LogP contribution in [0.2, 0.25) is 0 Å². The summed E-state index contributed by atoms with van der Waals surface area (Å²) in [6, 6.07) is 3.38. The molecular weight excluding hydrogens is 264 g/mol. The van der Waals surface area contributed by atoms with Crippen LogP contribution in [0, 0.1) is 0 Å². The maximum Gasteiger partial charge on any atom is 0.307 e. The zero-order chi connectivity index (χ0) is 13.7. The summed E-state index contributed by atoms with van der Waals surface area (Å²) in [7, 11) is 1.36. The van der Waals surface area contributed by atoms with Crippen molar-refractivity contribution in [3.8, 4) is 0 Å². The van der Waals surface area contributed by atoms with E-state index in [-0.39, 0.29) is 30.4 Å². The van der Waals surface area contributed by atoms with E-state index in [9.17, 15) is 9.59 Å². The van der Waals surface area contributed by atoms with Crippen molar-refractivity contribution in [3.05, 3.63) is 22.4 Å². The monoisotopic (exact) mass is 282 g/mol. The third-order valence-corrected chi connectivity index (χ3v) is 4.16. The summed E-state index contributed by atoms with van der Waals surface area (Å²) in [5.41, 5.74) is 0. The minimum Gasteiger partial charge on any atom is -0.469 e. The van der Waals surface area contributed by atoms with Gasteiger partial charge in [-0.3, -0.25) is 9.59 Å². The highest BCUT2D eigenvalue weighted by molar-refractivity contribution is 7.10. The number of hydrogen-bond donors (Lipinski definition) is 2. The Bertz CT molecular complexity index is 427. The van der Waals surface area contributed by atoms with Crippen molar-refractivity contribution in [3.63, 3.8) is 0 Å². The SMILES string of the molecule is COC(=O)CC(NC(=O)[C@@H]1CCCN1)c1cccs1. The molecule has 0 aromatic carbocycles. The van der Waals surface area contributed by atoms with Gasteiger partial charge in [-0.1, -0.05) is 6.07 Å². The standard InChI is InChI=1S/C13H18N2O3S/c1-18-12(16)8-10(11-5-3-7-19-11)15-13(17)9-4-2-6-14-9/h3,5,7,9-10,14H,2,4,6,8H2,1H3,(H,15,17)/t9-,10?/m0/s1. The Morgan fingerprint density at radius 1 is 1.63 bits per heavy atom. The van der Waals surface area contributed by atoms with Crippen LogP contribution >= 0.6 is 11.3 Å². The number of carbonyl (C=O) groups excluding carboxylic acids is 2. The van der Waals surface area contributed by atoms with Crippen molar-refractivity contribution in [2.75, 3.05) is 13.7 Å². The molecule has 1 saturated heterocycles. The first-order valence-corrected chi connectivity index (χ1v) is 7.22. The normalized spacial score (nSPS) is 19.9. The molecule has 0 bridgehead atoms. The second kappa shape index (κ2) is 6.68. The lowest BCUT2D eigenvalue weighted by molar-refractivity contribution is -0.141. The smallest absolute Gasteiger partial charge is 0.307 e. The summed E-state index contributed by atoms with van der Waals surface area (Å²) in [4.78, 5) is 24.5. The first-order chi connectivity index (χ1) is 9.20. The molecule has 2 N–H and O–H groups in total. The Hall–Kier alpha value is -1.40. The van der Waals surface area contributed by atoms with Crippen LogP contribution in [0.4, 0.5) is 0 Å². The Labute approximate surface area is 116 Å². The largest absolute Gasteiger partial charge is 0.469 e. The molecule has 0 aliphatic carbocycles. The number of ether oxygens (including phenoxy) is 1. The maximum absolute atomic E-state index is 12.1. The van der Waals surface area contributed by atoms with Gasteiger partial charge in [0, 0.05) is 4.88 Å². The molecule has 5 nitrogen and oxygen atoms in total. The Morgan fingerprint density at radius 3 is 3.05 bits per heavy atom. The molecular formula is C13H18N2O3S. The van der Waals surface area contributed by atoms with Crippen LogP contribution in [0.5, 0.6) is 0 Å². The van der Waals surface area contributed by atoms with Crippen LogP contribution in [-0.2, 0) is 14.3 Å². The molecule has 0 spiro atoms. The molecule has 1 unspecified atom stereocenters. The van der Waals surface area contributed by atoms with Gasteiger partial charge in [0.25, 0.3) is 0 Å². The molecule has 2 heterocycles. The molecule has 2 rings (SSSR count). The number of rotatable bonds is 5. The topological polar surface area (TPSA) is 67.4 Å². The van der Waals surface area contributed by atoms with Gasteiger partial charge in [-0.05, 0) is 30.8 Å². The number of nitrogens with one attached hydrogen (secondary N) is 2. The lowest BCUT2D eigenvalue weighted by atomic mass is 10.1. The maximum atomic E-state index is 12.1. The van der Waals surface area contributed by atoms with Crippen LogP contribution in [0.3, 0.4) is 0 Å². The van der Waals surface area contributed by atoms with Crippen molar-refractivity contribution in [2.45, 2.75) is 31.3 Å².